The number of nitrogens with zero attached hydrogens (tertiary/aromatic N) is 2. The highest BCUT2D eigenvalue weighted by Crippen LogP contribution is 2.36. The van der Waals surface area contributed by atoms with Gasteiger partial charge in [-0.25, -0.2) is 0 Å². The van der Waals surface area contributed by atoms with Gasteiger partial charge < -0.3 is 15.0 Å². The van der Waals surface area contributed by atoms with E-state index in [4.69, 9.17) is 4.74 Å². The van der Waals surface area contributed by atoms with Crippen molar-refractivity contribution in [3.8, 4) is 0 Å². The van der Waals surface area contributed by atoms with E-state index in [-0.39, 0.29) is 17.6 Å². The number of benzene rings is 1. The average molecular weight is 354 g/mol. The van der Waals surface area contributed by atoms with Crippen LogP contribution >= 0.6 is 0 Å². The Bertz CT molecular complexity index is 803. The molecule has 1 aromatic carbocycles. The van der Waals surface area contributed by atoms with Crippen LogP contribution in [0.2, 0.25) is 0 Å². The summed E-state index contributed by atoms with van der Waals surface area (Å²) in [7, 11) is 0. The van der Waals surface area contributed by atoms with E-state index in [0.29, 0.717) is 18.8 Å². The molecule has 1 spiro atoms. The molecule has 2 aliphatic heterocycles. The third-order valence-corrected chi connectivity index (χ3v) is 5.35. The van der Waals surface area contributed by atoms with Gasteiger partial charge in [-0.15, -0.1) is 0 Å². The number of likely N-dealkylation sites (tertiary alicyclic amines) is 1. The minimum absolute atomic E-state index is 0.00730. The predicted octanol–water partition coefficient (Wildman–Crippen LogP) is 2.90. The maximum absolute atomic E-state index is 12.7. The Kier molecular flexibility index (Phi) is 4.44. The molecule has 4 rings (SSSR count). The van der Waals surface area contributed by atoms with Crippen molar-refractivity contribution in [1.29, 1.82) is 0 Å². The summed E-state index contributed by atoms with van der Waals surface area (Å²) in [6.07, 6.45) is 2.89. The van der Waals surface area contributed by atoms with E-state index in [1.54, 1.807) is 6.07 Å². The normalized spacial score (nSPS) is 25.6. The van der Waals surface area contributed by atoms with Gasteiger partial charge in [-0.05, 0) is 50.5 Å². The fraction of sp³-hybridized carbons (Fsp3) is 0.500. The summed E-state index contributed by atoms with van der Waals surface area (Å²) in [5.74, 6) is -0.00730. The Balaban J connectivity index is 1.41. The number of carbonyl (C=O) groups is 1. The van der Waals surface area contributed by atoms with Crippen LogP contribution in [0, 0.1) is 13.8 Å². The van der Waals surface area contributed by atoms with Crippen molar-refractivity contribution in [2.75, 3.05) is 25.0 Å². The van der Waals surface area contributed by atoms with Crippen LogP contribution in [0.25, 0.3) is 0 Å². The number of anilines is 1. The van der Waals surface area contributed by atoms with Gasteiger partial charge >= 0.3 is 0 Å². The van der Waals surface area contributed by atoms with Gasteiger partial charge in [-0.3, -0.25) is 9.89 Å². The molecule has 3 heterocycles. The van der Waals surface area contributed by atoms with Gasteiger partial charge in [-0.2, -0.15) is 5.10 Å². The number of carbonyl (C=O) groups excluding carboxylic acids is 1. The Hall–Kier alpha value is -2.34. The van der Waals surface area contributed by atoms with Gasteiger partial charge in [0.2, 0.25) is 0 Å². The first-order valence-corrected chi connectivity index (χ1v) is 9.31. The minimum atomic E-state index is -0.235. The molecule has 6 nitrogen and oxygen atoms in total. The van der Waals surface area contributed by atoms with E-state index in [9.17, 15) is 4.79 Å². The Morgan fingerprint density at radius 3 is 3.04 bits per heavy atom. The second kappa shape index (κ2) is 6.76. The monoisotopic (exact) mass is 354 g/mol. The zero-order valence-electron chi connectivity index (χ0n) is 15.4. The molecular formula is C20H26N4O2. The fourth-order valence-corrected chi connectivity index (χ4v) is 4.15. The number of nitrogens with one attached hydrogen (secondary N) is 2. The van der Waals surface area contributed by atoms with Crippen molar-refractivity contribution in [1.82, 2.24) is 15.1 Å². The van der Waals surface area contributed by atoms with Gasteiger partial charge in [-0.1, -0.05) is 12.1 Å². The highest BCUT2D eigenvalue weighted by atomic mass is 16.5. The third-order valence-electron chi connectivity index (χ3n) is 5.35. The van der Waals surface area contributed by atoms with Crippen molar-refractivity contribution in [3.63, 3.8) is 0 Å². The number of rotatable bonds is 3. The lowest BCUT2D eigenvalue weighted by molar-refractivity contribution is -0.0448. The Morgan fingerprint density at radius 1 is 1.38 bits per heavy atom. The number of ether oxygens (including phenoxy) is 1. The van der Waals surface area contributed by atoms with Crippen LogP contribution in [0.4, 0.5) is 5.69 Å². The van der Waals surface area contributed by atoms with E-state index in [1.165, 1.54) is 5.56 Å². The average Bonchev–Trinajstić information content (AvgIpc) is 3.21. The summed E-state index contributed by atoms with van der Waals surface area (Å²) in [5.41, 5.74) is 3.53. The molecule has 1 aromatic heterocycles. The number of hydrogen-bond acceptors (Lipinski definition) is 4. The maximum atomic E-state index is 12.7. The minimum Gasteiger partial charge on any atom is -0.380 e. The number of aromatic nitrogens is 2. The zero-order valence-corrected chi connectivity index (χ0v) is 15.4. The lowest BCUT2D eigenvalue weighted by Crippen LogP contribution is -2.50. The lowest BCUT2D eigenvalue weighted by atomic mass is 9.88. The fourth-order valence-electron chi connectivity index (χ4n) is 4.15. The van der Waals surface area contributed by atoms with Crippen LogP contribution in [0.1, 0.15) is 41.0 Å². The van der Waals surface area contributed by atoms with Crippen LogP contribution in [0.15, 0.2) is 30.3 Å². The number of aryl methyl sites for hydroxylation is 2. The second-order valence-corrected chi connectivity index (χ2v) is 7.68. The highest BCUT2D eigenvalue weighted by molar-refractivity contribution is 5.92. The summed E-state index contributed by atoms with van der Waals surface area (Å²) in [6, 6.07) is 10.5. The summed E-state index contributed by atoms with van der Waals surface area (Å²) < 4.78 is 6.23. The van der Waals surface area contributed by atoms with Gasteiger partial charge in [0, 0.05) is 24.3 Å². The largest absolute Gasteiger partial charge is 0.380 e. The maximum Gasteiger partial charge on any atom is 0.274 e. The quantitative estimate of drug-likeness (QED) is 0.889. The molecule has 6 heteroatoms. The van der Waals surface area contributed by atoms with Crippen LogP contribution in [0.5, 0.6) is 0 Å². The molecule has 0 radical (unpaired) electrons. The Labute approximate surface area is 153 Å². The molecule has 2 N–H and O–H groups in total. The van der Waals surface area contributed by atoms with Gasteiger partial charge in [0.05, 0.1) is 24.8 Å². The molecule has 2 aliphatic rings. The van der Waals surface area contributed by atoms with E-state index in [2.05, 4.69) is 46.7 Å². The zero-order chi connectivity index (χ0) is 18.1. The summed E-state index contributed by atoms with van der Waals surface area (Å²) >= 11 is 0. The molecular weight excluding hydrogens is 328 g/mol. The Morgan fingerprint density at radius 2 is 2.27 bits per heavy atom. The molecule has 0 unspecified atom stereocenters. The van der Waals surface area contributed by atoms with Crippen molar-refractivity contribution < 1.29 is 9.53 Å². The van der Waals surface area contributed by atoms with Crippen molar-refractivity contribution in [2.24, 2.45) is 0 Å². The molecule has 0 bridgehead atoms. The molecule has 2 aromatic rings. The first-order valence-electron chi connectivity index (χ1n) is 9.31. The standard InChI is InChI=1S/C20H26N4O2/c1-14-5-3-6-16(9-14)21-17-11-20(26-12-17)7-4-8-24(13-20)19(25)18-10-15(2)22-23-18/h3,5-6,9-10,17,21H,4,7-8,11-13H2,1-2H3,(H,22,23)/t17-,20-/m1/s1. The molecule has 138 valence electrons. The van der Waals surface area contributed by atoms with E-state index >= 15 is 0 Å². The summed E-state index contributed by atoms with van der Waals surface area (Å²) in [5, 5.41) is 10.6. The number of hydrogen-bond donors (Lipinski definition) is 2. The number of amides is 1. The van der Waals surface area contributed by atoms with Crippen LogP contribution in [-0.2, 0) is 4.74 Å². The lowest BCUT2D eigenvalue weighted by Gasteiger charge is -2.39. The first kappa shape index (κ1) is 17.1. The molecule has 1 amide bonds. The van der Waals surface area contributed by atoms with Crippen LogP contribution < -0.4 is 5.32 Å². The van der Waals surface area contributed by atoms with Crippen LogP contribution in [0.3, 0.4) is 0 Å². The number of piperidine rings is 1. The van der Waals surface area contributed by atoms with Gasteiger partial charge in [0.25, 0.3) is 5.91 Å². The second-order valence-electron chi connectivity index (χ2n) is 7.68. The molecule has 26 heavy (non-hydrogen) atoms. The topological polar surface area (TPSA) is 70.2 Å². The third kappa shape index (κ3) is 3.46. The molecule has 0 saturated carbocycles. The number of H-pyrrole nitrogens is 1. The molecule has 2 atom stereocenters. The summed E-state index contributed by atoms with van der Waals surface area (Å²) in [6.45, 7) is 6.09. The predicted molar refractivity (Wildman–Crippen MR) is 100 cm³/mol. The molecule has 2 fully saturated rings. The van der Waals surface area contributed by atoms with E-state index < -0.39 is 0 Å². The highest BCUT2D eigenvalue weighted by Gasteiger charge is 2.44. The van der Waals surface area contributed by atoms with Crippen molar-refractivity contribution in [2.45, 2.75) is 44.8 Å². The van der Waals surface area contributed by atoms with Gasteiger partial charge in [0.15, 0.2) is 0 Å². The van der Waals surface area contributed by atoms with E-state index in [0.717, 1.165) is 37.2 Å². The molecule has 0 aliphatic carbocycles. The first-order chi connectivity index (χ1) is 12.5. The van der Waals surface area contributed by atoms with E-state index in [1.807, 2.05) is 11.8 Å². The smallest absolute Gasteiger partial charge is 0.274 e. The van der Waals surface area contributed by atoms with Crippen LogP contribution in [-0.4, -0.2) is 52.3 Å². The van der Waals surface area contributed by atoms with Crippen molar-refractivity contribution in [3.05, 3.63) is 47.3 Å². The molecule has 2 saturated heterocycles. The van der Waals surface area contributed by atoms with Crippen molar-refractivity contribution >= 4 is 11.6 Å². The SMILES string of the molecule is Cc1cccc(N[C@H]2CO[C@]3(CCCN(C(=O)c4cc(C)[nH]n4)C3)C2)c1. The number of aromatic amines is 1. The van der Waals surface area contributed by atoms with Gasteiger partial charge in [0.1, 0.15) is 5.69 Å². The summed E-state index contributed by atoms with van der Waals surface area (Å²) in [4.78, 5) is 14.6.